The van der Waals surface area contributed by atoms with Crippen LogP contribution in [0.4, 0.5) is 0 Å². The second-order valence-corrected chi connectivity index (χ2v) is 3.91. The monoisotopic (exact) mass is 240 g/mol. The van der Waals surface area contributed by atoms with E-state index in [0.717, 1.165) is 24.1 Å². The molecule has 3 nitrogen and oxygen atoms in total. The van der Waals surface area contributed by atoms with Gasteiger partial charge in [0.1, 0.15) is 6.54 Å². The van der Waals surface area contributed by atoms with Gasteiger partial charge in [-0.25, -0.2) is 0 Å². The Morgan fingerprint density at radius 2 is 1.67 bits per heavy atom. The highest BCUT2D eigenvalue weighted by molar-refractivity contribution is 4.41. The molecule has 0 heterocycles. The third kappa shape index (κ3) is 8.46. The van der Waals surface area contributed by atoms with Crippen LogP contribution < -0.4 is 17.0 Å². The predicted molar refractivity (Wildman–Crippen MR) is 47.5 cm³/mol. The second kappa shape index (κ2) is 6.83. The van der Waals surface area contributed by atoms with Crippen molar-refractivity contribution in [3.05, 3.63) is 0 Å². The molecule has 0 aromatic carbocycles. The van der Waals surface area contributed by atoms with Crippen molar-refractivity contribution in [1.82, 2.24) is 4.90 Å². The molecule has 0 amide bonds. The highest BCUT2D eigenvalue weighted by Gasteiger charge is 2.13. The van der Waals surface area contributed by atoms with Gasteiger partial charge in [0, 0.05) is 6.54 Å². The van der Waals surface area contributed by atoms with Crippen molar-refractivity contribution >= 4 is 0 Å². The molecule has 0 fully saturated rings. The molecular formula is C8H21BrN2O. The van der Waals surface area contributed by atoms with E-state index >= 15 is 0 Å². The molecule has 4 heteroatoms. The number of aliphatic hydroxyl groups is 1. The molecule has 0 bridgehead atoms. The Labute approximate surface area is 86.3 Å². The van der Waals surface area contributed by atoms with E-state index in [1.807, 2.05) is 0 Å². The van der Waals surface area contributed by atoms with Gasteiger partial charge in [0.25, 0.3) is 0 Å². The highest BCUT2D eigenvalue weighted by Crippen LogP contribution is 1.95. The minimum Gasteiger partial charge on any atom is -1.00 e. The number of aliphatic hydroxyl groups excluding tert-OH is 1. The first-order chi connectivity index (χ1) is 4.98. The Balaban J connectivity index is 0. The molecule has 0 saturated carbocycles. The van der Waals surface area contributed by atoms with E-state index in [0.29, 0.717) is 0 Å². The SMILES string of the molecule is CN(C)CC[N+](C)(C)CCO.[Br-]. The topological polar surface area (TPSA) is 23.5 Å². The van der Waals surface area contributed by atoms with Gasteiger partial charge in [0.2, 0.25) is 0 Å². The van der Waals surface area contributed by atoms with E-state index in [9.17, 15) is 0 Å². The quantitative estimate of drug-likeness (QED) is 0.508. The largest absolute Gasteiger partial charge is 1.00 e. The van der Waals surface area contributed by atoms with E-state index in [1.54, 1.807) is 0 Å². The smallest absolute Gasteiger partial charge is 0.102 e. The van der Waals surface area contributed by atoms with E-state index in [1.165, 1.54) is 0 Å². The van der Waals surface area contributed by atoms with E-state index in [4.69, 9.17) is 5.11 Å². The van der Waals surface area contributed by atoms with Gasteiger partial charge in [-0.2, -0.15) is 0 Å². The Morgan fingerprint density at radius 1 is 1.17 bits per heavy atom. The average molecular weight is 241 g/mol. The molecule has 0 atom stereocenters. The molecule has 12 heavy (non-hydrogen) atoms. The lowest BCUT2D eigenvalue weighted by Gasteiger charge is -2.30. The zero-order valence-corrected chi connectivity index (χ0v) is 10.1. The zero-order valence-electron chi connectivity index (χ0n) is 8.55. The number of likely N-dealkylation sites (N-methyl/N-ethyl adjacent to an activating group) is 2. The lowest BCUT2D eigenvalue weighted by atomic mass is 10.4. The number of rotatable bonds is 5. The molecular weight excluding hydrogens is 220 g/mol. The van der Waals surface area contributed by atoms with Gasteiger partial charge >= 0.3 is 0 Å². The summed E-state index contributed by atoms with van der Waals surface area (Å²) in [4.78, 5) is 2.16. The highest BCUT2D eigenvalue weighted by atomic mass is 79.9. The van der Waals surface area contributed by atoms with E-state index < -0.39 is 0 Å². The predicted octanol–water partition coefficient (Wildman–Crippen LogP) is -3.38. The Kier molecular flexibility index (Phi) is 8.46. The van der Waals surface area contributed by atoms with Crippen molar-refractivity contribution in [3.63, 3.8) is 0 Å². The van der Waals surface area contributed by atoms with Crippen LogP contribution in [0.25, 0.3) is 0 Å². The Bertz CT molecular complexity index is 107. The normalized spacial score (nSPS) is 11.5. The van der Waals surface area contributed by atoms with Crippen LogP contribution in [-0.4, -0.2) is 68.9 Å². The average Bonchev–Trinajstić information content (AvgIpc) is 1.84. The van der Waals surface area contributed by atoms with Gasteiger partial charge in [-0.3, -0.25) is 0 Å². The summed E-state index contributed by atoms with van der Waals surface area (Å²) >= 11 is 0. The van der Waals surface area contributed by atoms with Crippen molar-refractivity contribution < 1.29 is 26.6 Å². The van der Waals surface area contributed by atoms with Crippen molar-refractivity contribution in [1.29, 1.82) is 0 Å². The van der Waals surface area contributed by atoms with Crippen LogP contribution >= 0.6 is 0 Å². The molecule has 0 unspecified atom stereocenters. The fourth-order valence-electron chi connectivity index (χ4n) is 0.853. The van der Waals surface area contributed by atoms with Gasteiger partial charge in [-0.05, 0) is 14.1 Å². The minimum absolute atomic E-state index is 0. The first-order valence-electron chi connectivity index (χ1n) is 4.05. The number of hydrogen-bond donors (Lipinski definition) is 1. The van der Waals surface area contributed by atoms with Crippen molar-refractivity contribution in [3.8, 4) is 0 Å². The van der Waals surface area contributed by atoms with E-state index in [2.05, 4.69) is 33.1 Å². The van der Waals surface area contributed by atoms with Crippen LogP contribution in [0.15, 0.2) is 0 Å². The van der Waals surface area contributed by atoms with E-state index in [-0.39, 0.29) is 23.6 Å². The van der Waals surface area contributed by atoms with Gasteiger partial charge in [0.15, 0.2) is 0 Å². The summed E-state index contributed by atoms with van der Waals surface area (Å²) in [5, 5.41) is 8.74. The fourth-order valence-corrected chi connectivity index (χ4v) is 0.853. The van der Waals surface area contributed by atoms with Crippen LogP contribution in [0.1, 0.15) is 0 Å². The summed E-state index contributed by atoms with van der Waals surface area (Å²) in [5.41, 5.74) is 0. The minimum atomic E-state index is 0. The number of quaternary nitrogens is 1. The molecule has 0 spiro atoms. The van der Waals surface area contributed by atoms with Crippen LogP contribution in [0.2, 0.25) is 0 Å². The standard InChI is InChI=1S/C8H21N2O.BrH/c1-9(2)5-6-10(3,4)7-8-11;/h11H,5-8H2,1-4H3;1H/q+1;/p-1. The third-order valence-electron chi connectivity index (χ3n) is 1.86. The van der Waals surface area contributed by atoms with Crippen molar-refractivity contribution in [2.45, 2.75) is 0 Å². The summed E-state index contributed by atoms with van der Waals surface area (Å²) in [6, 6.07) is 0. The molecule has 0 radical (unpaired) electrons. The van der Waals surface area contributed by atoms with Gasteiger partial charge < -0.3 is 31.5 Å². The maximum absolute atomic E-state index is 8.74. The molecule has 0 saturated heterocycles. The van der Waals surface area contributed by atoms with Gasteiger partial charge in [-0.1, -0.05) is 0 Å². The van der Waals surface area contributed by atoms with Crippen molar-refractivity contribution in [2.75, 3.05) is 54.4 Å². The lowest BCUT2D eigenvalue weighted by molar-refractivity contribution is -0.890. The molecule has 0 rings (SSSR count). The summed E-state index contributed by atoms with van der Waals surface area (Å²) in [7, 11) is 8.41. The molecule has 0 aliphatic heterocycles. The Hall–Kier alpha value is 0.360. The van der Waals surface area contributed by atoms with Gasteiger partial charge in [-0.15, -0.1) is 0 Å². The van der Waals surface area contributed by atoms with Gasteiger partial charge in [0.05, 0.1) is 27.2 Å². The zero-order chi connectivity index (χ0) is 8.91. The number of hydrogen-bond acceptors (Lipinski definition) is 2. The first-order valence-corrected chi connectivity index (χ1v) is 4.05. The Morgan fingerprint density at radius 3 is 2.00 bits per heavy atom. The summed E-state index contributed by atoms with van der Waals surface area (Å²) in [6.45, 7) is 3.29. The molecule has 1 N–H and O–H groups in total. The maximum atomic E-state index is 8.74. The molecule has 76 valence electrons. The molecule has 0 aliphatic rings. The molecule has 0 aromatic heterocycles. The number of halogens is 1. The fraction of sp³-hybridized carbons (Fsp3) is 1.00. The molecule has 0 aliphatic carbocycles. The first kappa shape index (κ1) is 14.9. The van der Waals surface area contributed by atoms with Crippen LogP contribution in [-0.2, 0) is 0 Å². The van der Waals surface area contributed by atoms with Crippen LogP contribution in [0.3, 0.4) is 0 Å². The number of nitrogens with zero attached hydrogens (tertiary/aromatic N) is 2. The second-order valence-electron chi connectivity index (χ2n) is 3.91. The van der Waals surface area contributed by atoms with Crippen LogP contribution in [0.5, 0.6) is 0 Å². The maximum Gasteiger partial charge on any atom is 0.102 e. The summed E-state index contributed by atoms with van der Waals surface area (Å²) in [6.07, 6.45) is 0. The van der Waals surface area contributed by atoms with Crippen LogP contribution in [0, 0.1) is 0 Å². The third-order valence-corrected chi connectivity index (χ3v) is 1.86. The summed E-state index contributed by atoms with van der Waals surface area (Å²) in [5.74, 6) is 0. The lowest BCUT2D eigenvalue weighted by Crippen LogP contribution is -3.00. The summed E-state index contributed by atoms with van der Waals surface area (Å²) < 4.78 is 0.898. The van der Waals surface area contributed by atoms with Crippen molar-refractivity contribution in [2.24, 2.45) is 0 Å². The molecule has 0 aromatic rings.